The Morgan fingerprint density at radius 2 is 1.82 bits per heavy atom. The van der Waals surface area contributed by atoms with Crippen LogP contribution in [0.5, 0.6) is 5.88 Å². The lowest BCUT2D eigenvalue weighted by Crippen LogP contribution is -2.17. The molecule has 0 unspecified atom stereocenters. The van der Waals surface area contributed by atoms with E-state index in [2.05, 4.69) is 4.98 Å². The van der Waals surface area contributed by atoms with E-state index in [0.29, 0.717) is 10.7 Å². The van der Waals surface area contributed by atoms with E-state index in [0.717, 1.165) is 15.4 Å². The van der Waals surface area contributed by atoms with Crippen LogP contribution in [0, 0.1) is 6.92 Å². The zero-order chi connectivity index (χ0) is 16.0. The largest absolute Gasteiger partial charge is 0.493 e. The molecule has 2 aromatic heterocycles. The van der Waals surface area contributed by atoms with Crippen LogP contribution in [0.3, 0.4) is 0 Å². The van der Waals surface area contributed by atoms with Crippen LogP contribution in [0.4, 0.5) is 0 Å². The maximum atomic E-state index is 12.3. The summed E-state index contributed by atoms with van der Waals surface area (Å²) in [7, 11) is 3.23. The first kappa shape index (κ1) is 14.9. The summed E-state index contributed by atoms with van der Waals surface area (Å²) in [4.78, 5) is 17.7. The number of halogens is 1. The van der Waals surface area contributed by atoms with Crippen LogP contribution >= 0.6 is 22.9 Å². The number of aryl methyl sites for hydroxylation is 1. The van der Waals surface area contributed by atoms with Gasteiger partial charge >= 0.3 is 0 Å². The van der Waals surface area contributed by atoms with Gasteiger partial charge in [-0.2, -0.15) is 0 Å². The highest BCUT2D eigenvalue weighted by atomic mass is 35.5. The number of aromatic nitrogens is 3. The van der Waals surface area contributed by atoms with Gasteiger partial charge in [0, 0.05) is 29.6 Å². The number of rotatable bonds is 2. The minimum Gasteiger partial charge on any atom is -0.493 e. The van der Waals surface area contributed by atoms with Gasteiger partial charge in [0.2, 0.25) is 5.88 Å². The molecule has 0 fully saturated rings. The molecule has 114 valence electrons. The lowest BCUT2D eigenvalue weighted by molar-refractivity contribution is 0.398. The second kappa shape index (κ2) is 5.30. The zero-order valence-corrected chi connectivity index (χ0v) is 13.9. The lowest BCUT2D eigenvalue weighted by Gasteiger charge is -1.98. The molecule has 5 nitrogen and oxygen atoms in total. The topological polar surface area (TPSA) is 60.1 Å². The molecule has 3 aromatic rings. The Morgan fingerprint density at radius 1 is 1.18 bits per heavy atom. The van der Waals surface area contributed by atoms with E-state index in [4.69, 9.17) is 11.6 Å². The van der Waals surface area contributed by atoms with E-state index < -0.39 is 0 Å². The van der Waals surface area contributed by atoms with Crippen molar-refractivity contribution in [1.29, 1.82) is 0 Å². The van der Waals surface area contributed by atoms with Gasteiger partial charge in [-0.25, -0.2) is 4.98 Å². The molecule has 0 bridgehead atoms. The van der Waals surface area contributed by atoms with E-state index >= 15 is 0 Å². The Labute approximate surface area is 136 Å². The summed E-state index contributed by atoms with van der Waals surface area (Å²) in [5.74, 6) is -0.0800. The van der Waals surface area contributed by atoms with Crippen molar-refractivity contribution in [3.05, 3.63) is 44.5 Å². The third-order valence-corrected chi connectivity index (χ3v) is 4.88. The van der Waals surface area contributed by atoms with Crippen molar-refractivity contribution in [3.8, 4) is 27.7 Å². The second-order valence-corrected chi connectivity index (χ2v) is 6.62. The Bertz CT molecular complexity index is 906. The predicted octanol–water partition coefficient (Wildman–Crippen LogP) is 3.18. The average molecular weight is 336 g/mol. The van der Waals surface area contributed by atoms with Gasteiger partial charge in [0.15, 0.2) is 0 Å². The van der Waals surface area contributed by atoms with E-state index in [9.17, 15) is 9.90 Å². The molecule has 1 aromatic carbocycles. The Morgan fingerprint density at radius 3 is 2.36 bits per heavy atom. The van der Waals surface area contributed by atoms with Crippen LogP contribution in [0.15, 0.2) is 29.1 Å². The van der Waals surface area contributed by atoms with Gasteiger partial charge in [-0.1, -0.05) is 23.7 Å². The first-order valence-corrected chi connectivity index (χ1v) is 7.78. The summed E-state index contributed by atoms with van der Waals surface area (Å²) in [6.07, 6.45) is 0. The maximum absolute atomic E-state index is 12.3. The smallest absolute Gasteiger partial charge is 0.279 e. The molecule has 0 saturated heterocycles. The summed E-state index contributed by atoms with van der Waals surface area (Å²) in [5, 5.41) is 11.6. The Hall–Kier alpha value is -2.05. The van der Waals surface area contributed by atoms with Gasteiger partial charge in [-0.05, 0) is 19.1 Å². The number of nitrogens with zero attached hydrogens (tertiary/aromatic N) is 3. The number of hydrogen-bond donors (Lipinski definition) is 1. The van der Waals surface area contributed by atoms with Crippen LogP contribution < -0.4 is 5.56 Å². The molecule has 0 aliphatic heterocycles. The van der Waals surface area contributed by atoms with Gasteiger partial charge < -0.3 is 5.11 Å². The van der Waals surface area contributed by atoms with E-state index in [1.165, 1.54) is 20.7 Å². The summed E-state index contributed by atoms with van der Waals surface area (Å²) in [5.41, 5.74) is 1.42. The molecule has 0 aliphatic rings. The third-order valence-electron chi connectivity index (χ3n) is 3.61. The van der Waals surface area contributed by atoms with Crippen molar-refractivity contribution in [2.24, 2.45) is 14.1 Å². The van der Waals surface area contributed by atoms with Gasteiger partial charge in [0.25, 0.3) is 5.56 Å². The first-order valence-electron chi connectivity index (χ1n) is 6.59. The van der Waals surface area contributed by atoms with Gasteiger partial charge in [-0.15, -0.1) is 11.3 Å². The molecule has 3 rings (SSSR count). The van der Waals surface area contributed by atoms with Gasteiger partial charge in [0.1, 0.15) is 10.6 Å². The molecule has 0 atom stereocenters. The van der Waals surface area contributed by atoms with E-state index in [-0.39, 0.29) is 17.0 Å². The Balaban J connectivity index is 2.17. The minimum absolute atomic E-state index is 0.0800. The molecule has 0 amide bonds. The average Bonchev–Trinajstić information content (AvgIpc) is 2.95. The maximum Gasteiger partial charge on any atom is 0.279 e. The fourth-order valence-corrected chi connectivity index (χ4v) is 3.30. The first-order chi connectivity index (χ1) is 10.4. The fourth-order valence-electron chi connectivity index (χ4n) is 2.25. The molecule has 0 radical (unpaired) electrons. The van der Waals surface area contributed by atoms with Crippen molar-refractivity contribution in [2.75, 3.05) is 0 Å². The summed E-state index contributed by atoms with van der Waals surface area (Å²) in [6, 6.07) is 7.36. The Kier molecular flexibility index (Phi) is 3.58. The van der Waals surface area contributed by atoms with E-state index in [1.54, 1.807) is 26.2 Å². The number of thiazole rings is 1. The van der Waals surface area contributed by atoms with Gasteiger partial charge in [0.05, 0.1) is 5.69 Å². The van der Waals surface area contributed by atoms with Crippen LogP contribution in [0.2, 0.25) is 5.02 Å². The number of aromatic hydroxyl groups is 1. The monoisotopic (exact) mass is 335 g/mol. The minimum atomic E-state index is -0.268. The van der Waals surface area contributed by atoms with Crippen LogP contribution in [0.25, 0.3) is 21.8 Å². The highest BCUT2D eigenvalue weighted by molar-refractivity contribution is 7.15. The van der Waals surface area contributed by atoms with Crippen molar-refractivity contribution in [1.82, 2.24) is 14.3 Å². The van der Waals surface area contributed by atoms with Crippen molar-refractivity contribution < 1.29 is 5.11 Å². The van der Waals surface area contributed by atoms with E-state index in [1.807, 2.05) is 19.1 Å². The fraction of sp³-hybridized carbons (Fsp3) is 0.200. The molecular weight excluding hydrogens is 322 g/mol. The van der Waals surface area contributed by atoms with Crippen molar-refractivity contribution >= 4 is 22.9 Å². The molecular formula is C15H14ClN3O2S. The second-order valence-electron chi connectivity index (χ2n) is 4.98. The number of hydrogen-bond acceptors (Lipinski definition) is 4. The molecule has 22 heavy (non-hydrogen) atoms. The summed E-state index contributed by atoms with van der Waals surface area (Å²) in [6.45, 7) is 1.89. The third kappa shape index (κ3) is 2.24. The number of benzene rings is 1. The zero-order valence-electron chi connectivity index (χ0n) is 12.3. The van der Waals surface area contributed by atoms with Crippen LogP contribution in [-0.4, -0.2) is 19.5 Å². The SMILES string of the molecule is Cc1sc(-c2ccc(Cl)cc2)nc1-c1c(O)n(C)n(C)c1=O. The highest BCUT2D eigenvalue weighted by Crippen LogP contribution is 2.35. The molecule has 2 heterocycles. The summed E-state index contributed by atoms with van der Waals surface area (Å²) < 4.78 is 2.75. The van der Waals surface area contributed by atoms with Crippen LogP contribution in [0.1, 0.15) is 4.88 Å². The molecule has 1 N–H and O–H groups in total. The normalized spacial score (nSPS) is 11.1. The standard InChI is InChI=1S/C15H14ClN3O2S/c1-8-12(11-14(20)18(2)19(3)15(11)21)17-13(22-8)9-4-6-10(16)7-5-9/h4-7,20H,1-3H3. The van der Waals surface area contributed by atoms with Crippen molar-refractivity contribution in [2.45, 2.75) is 6.92 Å². The highest BCUT2D eigenvalue weighted by Gasteiger charge is 2.22. The lowest BCUT2D eigenvalue weighted by atomic mass is 10.2. The quantitative estimate of drug-likeness (QED) is 0.782. The predicted molar refractivity (Wildman–Crippen MR) is 88.6 cm³/mol. The van der Waals surface area contributed by atoms with Crippen molar-refractivity contribution in [3.63, 3.8) is 0 Å². The molecule has 0 spiro atoms. The summed E-state index contributed by atoms with van der Waals surface area (Å²) >= 11 is 7.37. The molecule has 0 aliphatic carbocycles. The van der Waals surface area contributed by atoms with Gasteiger partial charge in [-0.3, -0.25) is 14.2 Å². The molecule has 7 heteroatoms. The molecule has 0 saturated carbocycles. The van der Waals surface area contributed by atoms with Crippen LogP contribution in [-0.2, 0) is 14.1 Å².